The van der Waals surface area contributed by atoms with Crippen molar-refractivity contribution in [2.24, 2.45) is 35.5 Å². The maximum Gasteiger partial charge on any atom is 0.258 e. The average molecular weight is 585 g/mol. The van der Waals surface area contributed by atoms with Gasteiger partial charge in [0.05, 0.1) is 0 Å². The Morgan fingerprint density at radius 3 is 1.09 bits per heavy atom. The van der Waals surface area contributed by atoms with Gasteiger partial charge in [0.25, 0.3) is 11.8 Å². The number of carbonyl (C=O) groups excluding carboxylic acids is 2. The van der Waals surface area contributed by atoms with Crippen LogP contribution in [0.1, 0.15) is 97.8 Å². The molecule has 8 saturated carbocycles. The van der Waals surface area contributed by atoms with Gasteiger partial charge in [-0.2, -0.15) is 0 Å². The Morgan fingerprint density at radius 1 is 0.455 bits per heavy atom. The highest BCUT2D eigenvalue weighted by Gasteiger charge is 2.57. The van der Waals surface area contributed by atoms with Gasteiger partial charge in [-0.25, -0.2) is 0 Å². The molecular weight excluding hydrogens is 540 g/mol. The molecule has 0 aliphatic heterocycles. The summed E-state index contributed by atoms with van der Waals surface area (Å²) in [4.78, 5) is 33.8. The third-order valence-electron chi connectivity index (χ3n) is 12.8. The largest absolute Gasteiger partial charge is 0.302 e. The predicted octanol–water partition coefficient (Wildman–Crippen LogP) is 8.92. The molecule has 2 amide bonds. The van der Waals surface area contributed by atoms with E-state index in [9.17, 15) is 9.59 Å². The average Bonchev–Trinajstić information content (AvgIpc) is 3.01. The van der Waals surface area contributed by atoms with Gasteiger partial charge in [0.15, 0.2) is 0 Å². The molecule has 4 heteroatoms. The van der Waals surface area contributed by atoms with Crippen LogP contribution in [0.2, 0.25) is 0 Å². The van der Waals surface area contributed by atoms with Gasteiger partial charge in [-0.15, -0.1) is 0 Å². The van der Waals surface area contributed by atoms with Crippen molar-refractivity contribution in [3.05, 3.63) is 96.1 Å². The van der Waals surface area contributed by atoms with E-state index >= 15 is 0 Å². The fourth-order valence-corrected chi connectivity index (χ4v) is 12.1. The van der Waals surface area contributed by atoms with E-state index in [-0.39, 0.29) is 22.9 Å². The molecule has 3 aromatic rings. The zero-order valence-electron chi connectivity index (χ0n) is 25.7. The molecule has 226 valence electrons. The summed E-state index contributed by atoms with van der Waals surface area (Å²) in [6.45, 7) is 0. The molecule has 0 saturated heterocycles. The molecule has 8 aliphatic carbocycles. The molecule has 11 rings (SSSR count). The third-order valence-corrected chi connectivity index (χ3v) is 12.8. The SMILES string of the molecule is O=C(c1ccccc1)N(c1cccc(N(C(=O)c2ccccc2)C23CC4CC(CC(C4)C2)C3)c1)C12CC3CC(CC(C3)C1)C2. The zero-order valence-corrected chi connectivity index (χ0v) is 25.7. The Hall–Kier alpha value is -3.40. The number of nitrogens with zero attached hydrogens (tertiary/aromatic N) is 2. The summed E-state index contributed by atoms with van der Waals surface area (Å²) in [7, 11) is 0. The number of carbonyl (C=O) groups is 2. The molecule has 44 heavy (non-hydrogen) atoms. The van der Waals surface area contributed by atoms with Crippen LogP contribution in [0.15, 0.2) is 84.9 Å². The van der Waals surface area contributed by atoms with Crippen molar-refractivity contribution >= 4 is 23.2 Å². The van der Waals surface area contributed by atoms with Gasteiger partial charge in [0, 0.05) is 33.6 Å². The van der Waals surface area contributed by atoms with Crippen molar-refractivity contribution in [2.45, 2.75) is 88.1 Å². The third kappa shape index (κ3) is 4.30. The maximum atomic E-state index is 14.7. The first-order chi connectivity index (χ1) is 21.5. The molecule has 0 N–H and O–H groups in total. The van der Waals surface area contributed by atoms with E-state index in [2.05, 4.69) is 34.1 Å². The quantitative estimate of drug-likeness (QED) is 0.290. The topological polar surface area (TPSA) is 40.6 Å². The minimum Gasteiger partial charge on any atom is -0.302 e. The van der Waals surface area contributed by atoms with Gasteiger partial charge in [-0.1, -0.05) is 42.5 Å². The summed E-state index contributed by atoms with van der Waals surface area (Å²) in [6.07, 6.45) is 14.6. The summed E-state index contributed by atoms with van der Waals surface area (Å²) in [5.41, 5.74) is 3.16. The highest BCUT2D eigenvalue weighted by Crippen LogP contribution is 2.60. The van der Waals surface area contributed by atoms with Gasteiger partial charge in [0.1, 0.15) is 0 Å². The zero-order chi connectivity index (χ0) is 29.5. The number of rotatable bonds is 6. The molecule has 0 unspecified atom stereocenters. The molecular formula is C40H44N2O2. The lowest BCUT2D eigenvalue weighted by Crippen LogP contribution is -2.62. The minimum absolute atomic E-state index is 0.112. The van der Waals surface area contributed by atoms with E-state index in [0.717, 1.165) is 96.5 Å². The van der Waals surface area contributed by atoms with Crippen molar-refractivity contribution in [2.75, 3.05) is 9.80 Å². The number of hydrogen-bond acceptors (Lipinski definition) is 2. The van der Waals surface area contributed by atoms with E-state index in [0.29, 0.717) is 0 Å². The maximum absolute atomic E-state index is 14.7. The lowest BCUT2D eigenvalue weighted by atomic mass is 9.52. The van der Waals surface area contributed by atoms with E-state index in [1.54, 1.807) is 0 Å². The molecule has 0 spiro atoms. The highest BCUT2D eigenvalue weighted by molar-refractivity contribution is 6.09. The summed E-state index contributed by atoms with van der Waals surface area (Å²) in [5.74, 6) is 4.55. The van der Waals surface area contributed by atoms with Crippen molar-refractivity contribution < 1.29 is 9.59 Å². The second-order valence-corrected chi connectivity index (χ2v) is 15.8. The van der Waals surface area contributed by atoms with E-state index in [4.69, 9.17) is 0 Å². The van der Waals surface area contributed by atoms with Gasteiger partial charge in [0.2, 0.25) is 0 Å². The van der Waals surface area contributed by atoms with E-state index < -0.39 is 0 Å². The Kier molecular flexibility index (Phi) is 6.16. The fraction of sp³-hybridized carbons (Fsp3) is 0.500. The van der Waals surface area contributed by atoms with Crippen molar-refractivity contribution in [1.29, 1.82) is 0 Å². The molecule has 8 bridgehead atoms. The van der Waals surface area contributed by atoms with Gasteiger partial charge in [-0.05, 0) is 155 Å². The van der Waals surface area contributed by atoms with E-state index in [1.165, 1.54) is 38.5 Å². The molecule has 0 heterocycles. The van der Waals surface area contributed by atoms with Gasteiger partial charge in [-0.3, -0.25) is 9.59 Å². The predicted molar refractivity (Wildman–Crippen MR) is 175 cm³/mol. The number of benzene rings is 3. The summed E-state index contributed by atoms with van der Waals surface area (Å²) < 4.78 is 0. The van der Waals surface area contributed by atoms with Crippen molar-refractivity contribution in [3.8, 4) is 0 Å². The van der Waals surface area contributed by atoms with Crippen LogP contribution in [0, 0.1) is 35.5 Å². The van der Waals surface area contributed by atoms with Gasteiger partial charge < -0.3 is 9.80 Å². The number of hydrogen-bond donors (Lipinski definition) is 0. The molecule has 0 aromatic heterocycles. The summed E-state index contributed by atoms with van der Waals surface area (Å²) in [5, 5.41) is 0. The van der Waals surface area contributed by atoms with Crippen LogP contribution in [-0.4, -0.2) is 22.9 Å². The number of anilines is 2. The van der Waals surface area contributed by atoms with Crippen LogP contribution >= 0.6 is 0 Å². The van der Waals surface area contributed by atoms with Gasteiger partial charge >= 0.3 is 0 Å². The van der Waals surface area contributed by atoms with Crippen LogP contribution in [0.3, 0.4) is 0 Å². The first kappa shape index (κ1) is 27.0. The van der Waals surface area contributed by atoms with Crippen molar-refractivity contribution in [1.82, 2.24) is 0 Å². The monoisotopic (exact) mass is 584 g/mol. The highest BCUT2D eigenvalue weighted by atomic mass is 16.2. The van der Waals surface area contributed by atoms with Crippen LogP contribution in [0.4, 0.5) is 11.4 Å². The lowest BCUT2D eigenvalue weighted by molar-refractivity contribution is -0.00327. The normalized spacial score (nSPS) is 35.9. The second kappa shape index (κ2) is 10.1. The van der Waals surface area contributed by atoms with Crippen molar-refractivity contribution in [3.63, 3.8) is 0 Å². The second-order valence-electron chi connectivity index (χ2n) is 15.8. The summed E-state index contributed by atoms with van der Waals surface area (Å²) >= 11 is 0. The van der Waals surface area contributed by atoms with Crippen LogP contribution in [0.25, 0.3) is 0 Å². The van der Waals surface area contributed by atoms with Crippen LogP contribution in [-0.2, 0) is 0 Å². The molecule has 8 aliphatic rings. The Balaban J connectivity index is 1.17. The smallest absolute Gasteiger partial charge is 0.258 e. The standard InChI is InChI=1S/C40H44N2O2/c43-37(33-8-3-1-4-9-33)41(39-21-27-14-28(22-39)16-29(15-27)23-39)35-12-7-13-36(20-35)42(38(44)34-10-5-2-6-11-34)40-24-30-17-31(25-40)19-32(18-30)26-40/h1-13,20,27-32H,14-19,21-26H2. The van der Waals surface area contributed by atoms with E-state index in [1.807, 2.05) is 60.7 Å². The van der Waals surface area contributed by atoms with Crippen LogP contribution < -0.4 is 9.80 Å². The lowest BCUT2D eigenvalue weighted by Gasteiger charge is -2.61. The first-order valence-corrected chi connectivity index (χ1v) is 17.4. The molecule has 3 aromatic carbocycles. The molecule has 0 radical (unpaired) electrons. The summed E-state index contributed by atoms with van der Waals surface area (Å²) in [6, 6.07) is 28.4. The molecule has 8 fully saturated rings. The fourth-order valence-electron chi connectivity index (χ4n) is 12.1. The Bertz CT molecular complexity index is 1390. The minimum atomic E-state index is -0.144. The molecule has 4 nitrogen and oxygen atoms in total. The Labute approximate surface area is 261 Å². The number of amides is 2. The Morgan fingerprint density at radius 2 is 0.773 bits per heavy atom. The van der Waals surface area contributed by atoms with Crippen LogP contribution in [0.5, 0.6) is 0 Å². The first-order valence-electron chi connectivity index (χ1n) is 17.4. The molecule has 0 atom stereocenters.